The summed E-state index contributed by atoms with van der Waals surface area (Å²) in [6.45, 7) is 11.4. The van der Waals surface area contributed by atoms with Crippen molar-refractivity contribution in [2.24, 2.45) is 0 Å². The van der Waals surface area contributed by atoms with Crippen LogP contribution in [-0.2, 0) is 19.2 Å². The molecule has 0 spiro atoms. The number of thiophene rings is 4. The molecule has 0 fully saturated rings. The monoisotopic (exact) mass is 1180 g/mol. The number of amides is 4. The standard InChI is InChI=1S/C70H96N4O4S4/c1-5-9-13-17-21-25-29-33-47-71-63(55-39-37-51-79-55)59-61(69(71)77)65(73(67(59)75)49-35-31-27-23-19-15-11-7-3)57-45-43-53(81-57)41-42-54-44-46-58(82-54)66-62-60(68(76)74(66)50-36-32-28-24-20-16-12-8-4)64(56-40-38-52-80-56)72(70(62)78)48-34-30-26-22-18-14-10-6-2/h37-46,51-52H,5-36,47-50H2,1-4H3/b42-41+. The van der Waals surface area contributed by atoms with E-state index in [9.17, 15) is 19.2 Å². The van der Waals surface area contributed by atoms with Crippen LogP contribution in [0, 0.1) is 0 Å². The summed E-state index contributed by atoms with van der Waals surface area (Å²) in [6, 6.07) is 16.6. The Labute approximate surface area is 509 Å². The van der Waals surface area contributed by atoms with Gasteiger partial charge in [0, 0.05) is 35.9 Å². The van der Waals surface area contributed by atoms with Gasteiger partial charge in [0.15, 0.2) is 0 Å². The van der Waals surface area contributed by atoms with Gasteiger partial charge in [0.2, 0.25) is 0 Å². The van der Waals surface area contributed by atoms with E-state index in [4.69, 9.17) is 0 Å². The molecule has 8 heterocycles. The predicted octanol–water partition coefficient (Wildman–Crippen LogP) is 20.3. The summed E-state index contributed by atoms with van der Waals surface area (Å²) < 4.78 is 0. The number of hydrogen-bond donors (Lipinski definition) is 0. The van der Waals surface area contributed by atoms with Gasteiger partial charge >= 0.3 is 0 Å². The Kier molecular flexibility index (Phi) is 26.1. The Hall–Kier alpha value is -4.62. The van der Waals surface area contributed by atoms with Crippen molar-refractivity contribution in [3.63, 3.8) is 0 Å². The van der Waals surface area contributed by atoms with E-state index >= 15 is 0 Å². The van der Waals surface area contributed by atoms with Crippen molar-refractivity contribution < 1.29 is 19.2 Å². The average Bonchev–Trinajstić information content (AvgIpc) is 2.99. The molecule has 0 aromatic carbocycles. The van der Waals surface area contributed by atoms with Crippen LogP contribution in [0.4, 0.5) is 0 Å². The van der Waals surface area contributed by atoms with Gasteiger partial charge in [-0.05, 0) is 85.0 Å². The summed E-state index contributed by atoms with van der Waals surface area (Å²) in [4.78, 5) is 73.6. The zero-order valence-corrected chi connectivity index (χ0v) is 53.7. The quantitative estimate of drug-likeness (QED) is 0.0414. The van der Waals surface area contributed by atoms with Crippen LogP contribution in [0.15, 0.2) is 81.6 Å². The van der Waals surface area contributed by atoms with E-state index < -0.39 is 0 Å². The second kappa shape index (κ2) is 33.8. The molecule has 82 heavy (non-hydrogen) atoms. The molecule has 4 aromatic rings. The number of nitrogens with zero attached hydrogens (tertiary/aromatic N) is 4. The van der Waals surface area contributed by atoms with Crippen molar-refractivity contribution >= 4 is 104 Å². The Bertz CT molecular complexity index is 2650. The Morgan fingerprint density at radius 1 is 0.305 bits per heavy atom. The Balaban J connectivity index is 1.05. The Morgan fingerprint density at radius 2 is 0.549 bits per heavy atom. The zero-order chi connectivity index (χ0) is 57.5. The fourth-order valence-electron chi connectivity index (χ4n) is 12.4. The second-order valence-corrected chi connectivity index (χ2v) is 27.4. The van der Waals surface area contributed by atoms with E-state index in [-0.39, 0.29) is 23.6 Å². The number of rotatable bonds is 42. The van der Waals surface area contributed by atoms with Crippen LogP contribution in [0.3, 0.4) is 0 Å². The molecule has 4 amide bonds. The first kappa shape index (κ1) is 63.4. The fraction of sp³-hybridized carbons (Fsp3) is 0.571. The SMILES string of the molecule is CCCCCCCCCCN1C(=O)C2=C(c3ccc(/C=C/c4ccc(C5=C6C(=O)N(CCCCCCCCCC)C(c7cccs7)=C6C(=O)N5CCCCCCCCCC)s4)s3)N(CCCCCCCCCC)C(=O)C2=C1c1cccs1. The lowest BCUT2D eigenvalue weighted by molar-refractivity contribution is -0.124. The normalized spacial score (nSPS) is 15.6. The van der Waals surface area contributed by atoms with Crippen LogP contribution in [0.25, 0.3) is 34.9 Å². The highest BCUT2D eigenvalue weighted by atomic mass is 32.1. The largest absolute Gasteiger partial charge is 0.306 e. The van der Waals surface area contributed by atoms with Gasteiger partial charge in [-0.1, -0.05) is 220 Å². The maximum atomic E-state index is 15.0. The minimum Gasteiger partial charge on any atom is -0.306 e. The van der Waals surface area contributed by atoms with Crippen molar-refractivity contribution in [2.45, 2.75) is 233 Å². The average molecular weight is 1190 g/mol. The first-order valence-electron chi connectivity index (χ1n) is 32.5. The van der Waals surface area contributed by atoms with Crippen molar-refractivity contribution in [3.8, 4) is 0 Å². The lowest BCUT2D eigenvalue weighted by Gasteiger charge is -2.24. The summed E-state index contributed by atoms with van der Waals surface area (Å²) in [5, 5.41) is 4.10. The molecule has 0 atom stereocenters. The molecule has 0 N–H and O–H groups in total. The van der Waals surface area contributed by atoms with Crippen molar-refractivity contribution in [3.05, 3.63) is 111 Å². The first-order valence-corrected chi connectivity index (χ1v) is 35.9. The van der Waals surface area contributed by atoms with Gasteiger partial charge in [-0.15, -0.1) is 45.3 Å². The van der Waals surface area contributed by atoms with Crippen LogP contribution in [0.5, 0.6) is 0 Å². The molecule has 0 saturated heterocycles. The van der Waals surface area contributed by atoms with Gasteiger partial charge in [-0.2, -0.15) is 0 Å². The van der Waals surface area contributed by atoms with E-state index in [0.29, 0.717) is 48.5 Å². The molecular formula is C70H96N4O4S4. The van der Waals surface area contributed by atoms with Crippen LogP contribution < -0.4 is 0 Å². The third kappa shape index (κ3) is 16.2. The number of carbonyl (C=O) groups is 4. The molecule has 0 bridgehead atoms. The third-order valence-corrected chi connectivity index (χ3v) is 20.8. The molecule has 4 aliphatic heterocycles. The third-order valence-electron chi connectivity index (χ3n) is 16.9. The highest BCUT2D eigenvalue weighted by Gasteiger charge is 2.50. The predicted molar refractivity (Wildman–Crippen MR) is 351 cm³/mol. The number of carbonyl (C=O) groups excluding carboxylic acids is 4. The van der Waals surface area contributed by atoms with E-state index in [2.05, 4.69) is 76.2 Å². The minimum absolute atomic E-state index is 0.0468. The van der Waals surface area contributed by atoms with Gasteiger partial charge < -0.3 is 19.6 Å². The first-order chi connectivity index (χ1) is 40.3. The molecule has 12 heteroatoms. The molecule has 0 saturated carbocycles. The maximum absolute atomic E-state index is 15.0. The molecule has 4 aromatic heterocycles. The summed E-state index contributed by atoms with van der Waals surface area (Å²) in [7, 11) is 0. The summed E-state index contributed by atoms with van der Waals surface area (Å²) in [5.41, 5.74) is 5.41. The van der Waals surface area contributed by atoms with Crippen molar-refractivity contribution in [1.29, 1.82) is 0 Å². The van der Waals surface area contributed by atoms with E-state index in [1.165, 1.54) is 128 Å². The van der Waals surface area contributed by atoms with Crippen molar-refractivity contribution in [2.75, 3.05) is 26.2 Å². The van der Waals surface area contributed by atoms with E-state index in [1.54, 1.807) is 45.3 Å². The molecule has 8 nitrogen and oxygen atoms in total. The summed E-state index contributed by atoms with van der Waals surface area (Å²) >= 11 is 6.47. The van der Waals surface area contributed by atoms with Crippen LogP contribution in [0.2, 0.25) is 0 Å². The molecule has 444 valence electrons. The highest BCUT2D eigenvalue weighted by Crippen LogP contribution is 2.51. The van der Waals surface area contributed by atoms with Crippen molar-refractivity contribution in [1.82, 2.24) is 19.6 Å². The zero-order valence-electron chi connectivity index (χ0n) is 50.4. The smallest absolute Gasteiger partial charge is 0.261 e. The van der Waals surface area contributed by atoms with Crippen LogP contribution in [0.1, 0.15) is 262 Å². The van der Waals surface area contributed by atoms with Gasteiger partial charge in [0.25, 0.3) is 23.6 Å². The Morgan fingerprint density at radius 3 is 0.793 bits per heavy atom. The fourth-order valence-corrected chi connectivity index (χ4v) is 15.9. The van der Waals surface area contributed by atoms with Crippen LogP contribution in [-0.4, -0.2) is 69.4 Å². The number of hydrogen-bond acceptors (Lipinski definition) is 8. The van der Waals surface area contributed by atoms with Gasteiger partial charge in [0.05, 0.1) is 64.6 Å². The topological polar surface area (TPSA) is 81.2 Å². The molecule has 4 aliphatic rings. The van der Waals surface area contributed by atoms with E-state index in [1.807, 2.05) is 42.5 Å². The van der Waals surface area contributed by atoms with E-state index in [0.717, 1.165) is 129 Å². The van der Waals surface area contributed by atoms with Gasteiger partial charge in [-0.3, -0.25) is 19.2 Å². The lowest BCUT2D eigenvalue weighted by atomic mass is 10.1. The van der Waals surface area contributed by atoms with Gasteiger partial charge in [-0.25, -0.2) is 0 Å². The van der Waals surface area contributed by atoms with Crippen LogP contribution >= 0.6 is 45.3 Å². The highest BCUT2D eigenvalue weighted by molar-refractivity contribution is 7.15. The summed E-state index contributed by atoms with van der Waals surface area (Å²) in [6.07, 6.45) is 41.9. The van der Waals surface area contributed by atoms with Gasteiger partial charge in [0.1, 0.15) is 0 Å². The number of fused-ring (bicyclic) bond motifs is 2. The lowest BCUT2D eigenvalue weighted by Crippen LogP contribution is -2.30. The summed E-state index contributed by atoms with van der Waals surface area (Å²) in [5.74, 6) is -0.187. The minimum atomic E-state index is -0.0468. The molecule has 0 aliphatic carbocycles. The molecule has 0 radical (unpaired) electrons. The second-order valence-electron chi connectivity index (χ2n) is 23.3. The number of unbranched alkanes of at least 4 members (excludes halogenated alkanes) is 28. The molecule has 8 rings (SSSR count). The molecular weight excluding hydrogens is 1090 g/mol. The molecule has 0 unspecified atom stereocenters. The maximum Gasteiger partial charge on any atom is 0.261 e.